The molecule has 0 aliphatic heterocycles. The first-order valence-electron chi connectivity index (χ1n) is 8.87. The fourth-order valence-corrected chi connectivity index (χ4v) is 3.42. The lowest BCUT2D eigenvalue weighted by Crippen LogP contribution is -2.42. The number of carbonyl (C=O) groups is 2. The van der Waals surface area contributed by atoms with Crippen LogP contribution in [0.25, 0.3) is 0 Å². The number of ether oxygens (including phenoxy) is 3. The van der Waals surface area contributed by atoms with Gasteiger partial charge in [-0.15, -0.1) is 0 Å². The molecule has 0 spiro atoms. The van der Waals surface area contributed by atoms with E-state index >= 15 is 0 Å². The van der Waals surface area contributed by atoms with Crippen molar-refractivity contribution in [2.45, 2.75) is 38.6 Å². The van der Waals surface area contributed by atoms with E-state index in [9.17, 15) is 9.59 Å². The maximum atomic E-state index is 12.5. The van der Waals surface area contributed by atoms with Gasteiger partial charge in [-0.05, 0) is 25.0 Å². The van der Waals surface area contributed by atoms with Gasteiger partial charge in [0.05, 0.1) is 21.3 Å². The third kappa shape index (κ3) is 4.59. The number of amides is 2. The first kappa shape index (κ1) is 19.9. The minimum Gasteiger partial charge on any atom is -0.493 e. The molecule has 0 atom stereocenters. The highest BCUT2D eigenvalue weighted by molar-refractivity contribution is 5.95. The number of hydrogen-bond acceptors (Lipinski definition) is 5. The van der Waals surface area contributed by atoms with Gasteiger partial charge < -0.3 is 24.4 Å². The molecule has 0 bridgehead atoms. The molecule has 0 unspecified atom stereocenters. The normalized spacial score (nSPS) is 14.0. The number of carbonyl (C=O) groups excluding carboxylic acids is 2. The molecule has 1 aliphatic rings. The SMILES string of the molecule is COc1cc(C(=O)NCCN(C(C)=O)C2CCCC2)cc(OC)c1OC. The number of nitrogens with one attached hydrogen (secondary N) is 1. The summed E-state index contributed by atoms with van der Waals surface area (Å²) in [6, 6.07) is 3.51. The predicted molar refractivity (Wildman–Crippen MR) is 98.1 cm³/mol. The second-order valence-electron chi connectivity index (χ2n) is 6.32. The summed E-state index contributed by atoms with van der Waals surface area (Å²) < 4.78 is 15.8. The van der Waals surface area contributed by atoms with Crippen LogP contribution in [0.1, 0.15) is 43.0 Å². The average molecular weight is 364 g/mol. The third-order valence-electron chi connectivity index (χ3n) is 4.74. The van der Waals surface area contributed by atoms with Gasteiger partial charge in [-0.2, -0.15) is 0 Å². The average Bonchev–Trinajstić information content (AvgIpc) is 3.17. The van der Waals surface area contributed by atoms with E-state index in [0.29, 0.717) is 41.9 Å². The Morgan fingerprint density at radius 1 is 1.08 bits per heavy atom. The summed E-state index contributed by atoms with van der Waals surface area (Å²) in [7, 11) is 4.52. The van der Waals surface area contributed by atoms with E-state index in [4.69, 9.17) is 14.2 Å². The van der Waals surface area contributed by atoms with E-state index in [1.807, 2.05) is 4.90 Å². The van der Waals surface area contributed by atoms with Crippen molar-refractivity contribution in [2.24, 2.45) is 0 Å². The van der Waals surface area contributed by atoms with Crippen molar-refractivity contribution in [1.29, 1.82) is 0 Å². The van der Waals surface area contributed by atoms with E-state index in [2.05, 4.69) is 5.32 Å². The molecule has 7 nitrogen and oxygen atoms in total. The lowest BCUT2D eigenvalue weighted by Gasteiger charge is -2.28. The number of rotatable bonds is 8. The maximum Gasteiger partial charge on any atom is 0.251 e. The van der Waals surface area contributed by atoms with Gasteiger partial charge in [-0.1, -0.05) is 12.8 Å². The van der Waals surface area contributed by atoms with Crippen molar-refractivity contribution in [1.82, 2.24) is 10.2 Å². The molecule has 2 rings (SSSR count). The van der Waals surface area contributed by atoms with E-state index in [1.165, 1.54) is 21.3 Å². The van der Waals surface area contributed by atoms with Crippen molar-refractivity contribution in [3.8, 4) is 17.2 Å². The molecule has 26 heavy (non-hydrogen) atoms. The van der Waals surface area contributed by atoms with E-state index in [1.54, 1.807) is 19.1 Å². The maximum absolute atomic E-state index is 12.5. The summed E-state index contributed by atoms with van der Waals surface area (Å²) >= 11 is 0. The first-order valence-corrected chi connectivity index (χ1v) is 8.87. The molecule has 7 heteroatoms. The molecular formula is C19H28N2O5. The van der Waals surface area contributed by atoms with Crippen LogP contribution in [-0.2, 0) is 4.79 Å². The van der Waals surface area contributed by atoms with Gasteiger partial charge >= 0.3 is 0 Å². The largest absolute Gasteiger partial charge is 0.493 e. The highest BCUT2D eigenvalue weighted by atomic mass is 16.5. The van der Waals surface area contributed by atoms with Crippen LogP contribution in [0.4, 0.5) is 0 Å². The summed E-state index contributed by atoms with van der Waals surface area (Å²) in [5.74, 6) is 1.09. The van der Waals surface area contributed by atoms with E-state index in [-0.39, 0.29) is 11.8 Å². The zero-order valence-corrected chi connectivity index (χ0v) is 16.0. The molecule has 1 fully saturated rings. The van der Waals surface area contributed by atoms with Crippen LogP contribution in [0, 0.1) is 0 Å². The van der Waals surface area contributed by atoms with Gasteiger partial charge in [0.25, 0.3) is 5.91 Å². The summed E-state index contributed by atoms with van der Waals surface area (Å²) in [6.45, 7) is 2.49. The van der Waals surface area contributed by atoms with Crippen LogP contribution >= 0.6 is 0 Å². The Morgan fingerprint density at radius 2 is 1.65 bits per heavy atom. The van der Waals surface area contributed by atoms with Gasteiger partial charge in [0, 0.05) is 31.6 Å². The molecule has 1 aliphatic carbocycles. The Balaban J connectivity index is 2.01. The van der Waals surface area contributed by atoms with Gasteiger partial charge in [0.2, 0.25) is 11.7 Å². The topological polar surface area (TPSA) is 77.1 Å². The van der Waals surface area contributed by atoms with Crippen LogP contribution < -0.4 is 19.5 Å². The summed E-state index contributed by atoms with van der Waals surface area (Å²) in [4.78, 5) is 26.2. The van der Waals surface area contributed by atoms with Crippen LogP contribution in [0.5, 0.6) is 17.2 Å². The van der Waals surface area contributed by atoms with Crippen LogP contribution in [0.15, 0.2) is 12.1 Å². The lowest BCUT2D eigenvalue weighted by molar-refractivity contribution is -0.130. The Kier molecular flexibility index (Phi) is 7.12. The smallest absolute Gasteiger partial charge is 0.251 e. The number of hydrogen-bond donors (Lipinski definition) is 1. The van der Waals surface area contributed by atoms with Crippen molar-refractivity contribution >= 4 is 11.8 Å². The van der Waals surface area contributed by atoms with Gasteiger partial charge in [0.15, 0.2) is 11.5 Å². The number of benzene rings is 1. The van der Waals surface area contributed by atoms with Crippen LogP contribution in [0.3, 0.4) is 0 Å². The lowest BCUT2D eigenvalue weighted by atomic mass is 10.1. The Labute approximate surface area is 154 Å². The van der Waals surface area contributed by atoms with E-state index in [0.717, 1.165) is 25.7 Å². The molecular weight excluding hydrogens is 336 g/mol. The monoisotopic (exact) mass is 364 g/mol. The fourth-order valence-electron chi connectivity index (χ4n) is 3.42. The highest BCUT2D eigenvalue weighted by Crippen LogP contribution is 2.38. The minimum atomic E-state index is -0.251. The van der Waals surface area contributed by atoms with Crippen molar-refractivity contribution < 1.29 is 23.8 Å². The molecule has 1 aromatic rings. The summed E-state index contributed by atoms with van der Waals surface area (Å²) in [5.41, 5.74) is 0.412. The van der Waals surface area contributed by atoms with Gasteiger partial charge in [0.1, 0.15) is 0 Å². The second kappa shape index (κ2) is 9.31. The summed E-state index contributed by atoms with van der Waals surface area (Å²) in [6.07, 6.45) is 4.40. The molecule has 144 valence electrons. The number of nitrogens with zero attached hydrogens (tertiary/aromatic N) is 1. The zero-order chi connectivity index (χ0) is 19.1. The summed E-state index contributed by atoms with van der Waals surface area (Å²) in [5, 5.41) is 2.86. The third-order valence-corrected chi connectivity index (χ3v) is 4.74. The zero-order valence-electron chi connectivity index (χ0n) is 16.0. The minimum absolute atomic E-state index is 0.0546. The van der Waals surface area contributed by atoms with Gasteiger partial charge in [-0.25, -0.2) is 0 Å². The molecule has 0 heterocycles. The fraction of sp³-hybridized carbons (Fsp3) is 0.579. The number of methoxy groups -OCH3 is 3. The van der Waals surface area contributed by atoms with Crippen LogP contribution in [-0.4, -0.2) is 57.2 Å². The van der Waals surface area contributed by atoms with Crippen molar-refractivity contribution in [2.75, 3.05) is 34.4 Å². The molecule has 1 aromatic carbocycles. The second-order valence-corrected chi connectivity index (χ2v) is 6.32. The molecule has 0 saturated heterocycles. The Bertz CT molecular complexity index is 616. The molecule has 2 amide bonds. The Hall–Kier alpha value is -2.44. The van der Waals surface area contributed by atoms with Crippen LogP contribution in [0.2, 0.25) is 0 Å². The molecule has 1 N–H and O–H groups in total. The van der Waals surface area contributed by atoms with Gasteiger partial charge in [-0.3, -0.25) is 9.59 Å². The quantitative estimate of drug-likeness (QED) is 0.765. The first-order chi connectivity index (χ1) is 12.5. The molecule has 1 saturated carbocycles. The Morgan fingerprint density at radius 3 is 2.12 bits per heavy atom. The predicted octanol–water partition coefficient (Wildman–Crippen LogP) is 2.23. The van der Waals surface area contributed by atoms with Crippen molar-refractivity contribution in [3.05, 3.63) is 17.7 Å². The highest BCUT2D eigenvalue weighted by Gasteiger charge is 2.24. The van der Waals surface area contributed by atoms with Crippen molar-refractivity contribution in [3.63, 3.8) is 0 Å². The standard InChI is InChI=1S/C19H28N2O5/c1-13(22)21(15-7-5-6-8-15)10-9-20-19(23)14-11-16(24-2)18(26-4)17(12-14)25-3/h11-12,15H,5-10H2,1-4H3,(H,20,23). The van der Waals surface area contributed by atoms with E-state index < -0.39 is 0 Å². The molecule has 0 radical (unpaired) electrons. The molecule has 0 aromatic heterocycles.